The highest BCUT2D eigenvalue weighted by atomic mass is 35.5. The van der Waals surface area contributed by atoms with E-state index in [2.05, 4.69) is 20.0 Å². The molecule has 2 N–H and O–H groups in total. The molecule has 1 atom stereocenters. The number of fused-ring (bicyclic) bond motifs is 1. The van der Waals surface area contributed by atoms with Crippen LogP contribution in [0.3, 0.4) is 0 Å². The number of nitrogens with zero attached hydrogens (tertiary/aromatic N) is 7. The fourth-order valence-electron chi connectivity index (χ4n) is 3.48. The standard InChI is InChI=1S/C17H20N8O2.ClH/c18-16-19-7-11(8-20-16)14-13-9-21-25(12-1-4-27-10-12)15(13)23-17(22-14)24-2-5-26-6-3-24;/h7-9,12H,1-6,10H2,(H2,18,19,20);1H. The van der Waals surface area contributed by atoms with Crippen LogP contribution < -0.4 is 10.6 Å². The van der Waals surface area contributed by atoms with Gasteiger partial charge in [-0.05, 0) is 6.42 Å². The molecule has 0 aromatic carbocycles. The summed E-state index contributed by atoms with van der Waals surface area (Å²) in [6.45, 7) is 4.22. The Morgan fingerprint density at radius 3 is 2.50 bits per heavy atom. The van der Waals surface area contributed by atoms with Gasteiger partial charge >= 0.3 is 0 Å². The average Bonchev–Trinajstić information content (AvgIpc) is 3.38. The van der Waals surface area contributed by atoms with Gasteiger partial charge < -0.3 is 20.1 Å². The molecule has 2 aliphatic rings. The van der Waals surface area contributed by atoms with Gasteiger partial charge in [0, 0.05) is 37.7 Å². The predicted molar refractivity (Wildman–Crippen MR) is 106 cm³/mol. The molecule has 0 spiro atoms. The zero-order valence-electron chi connectivity index (χ0n) is 15.2. The maximum atomic E-state index is 5.64. The predicted octanol–water partition coefficient (Wildman–Crippen LogP) is 1.09. The topological polar surface area (TPSA) is 117 Å². The van der Waals surface area contributed by atoms with Crippen LogP contribution in [0.1, 0.15) is 12.5 Å². The summed E-state index contributed by atoms with van der Waals surface area (Å²) in [7, 11) is 0. The van der Waals surface area contributed by atoms with Gasteiger partial charge in [-0.15, -0.1) is 12.4 Å². The van der Waals surface area contributed by atoms with E-state index in [-0.39, 0.29) is 24.4 Å². The van der Waals surface area contributed by atoms with E-state index in [4.69, 9.17) is 25.2 Å². The van der Waals surface area contributed by atoms with Gasteiger partial charge in [-0.25, -0.2) is 19.6 Å². The van der Waals surface area contributed by atoms with Crippen molar-refractivity contribution in [2.24, 2.45) is 0 Å². The number of hydrogen-bond donors (Lipinski definition) is 1. The van der Waals surface area contributed by atoms with Gasteiger partial charge in [0.1, 0.15) is 0 Å². The summed E-state index contributed by atoms with van der Waals surface area (Å²) in [5.41, 5.74) is 7.99. The fraction of sp³-hybridized carbons (Fsp3) is 0.471. The normalized spacial score (nSPS) is 19.7. The Kier molecular flexibility index (Phi) is 5.25. The van der Waals surface area contributed by atoms with Crippen molar-refractivity contribution in [3.8, 4) is 11.3 Å². The molecule has 28 heavy (non-hydrogen) atoms. The van der Waals surface area contributed by atoms with Crippen molar-refractivity contribution in [1.29, 1.82) is 0 Å². The Balaban J connectivity index is 0.00000192. The minimum Gasteiger partial charge on any atom is -0.379 e. The van der Waals surface area contributed by atoms with Crippen molar-refractivity contribution in [3.63, 3.8) is 0 Å². The van der Waals surface area contributed by atoms with E-state index in [1.165, 1.54) is 0 Å². The Labute approximate surface area is 167 Å². The number of nitrogens with two attached hydrogens (primary N) is 1. The molecule has 5 heterocycles. The van der Waals surface area contributed by atoms with E-state index in [9.17, 15) is 0 Å². The first-order chi connectivity index (χ1) is 13.3. The second-order valence-electron chi connectivity index (χ2n) is 6.65. The summed E-state index contributed by atoms with van der Waals surface area (Å²) in [6.07, 6.45) is 6.10. The first-order valence-corrected chi connectivity index (χ1v) is 9.03. The third-order valence-corrected chi connectivity index (χ3v) is 4.93. The summed E-state index contributed by atoms with van der Waals surface area (Å²) < 4.78 is 13.0. The zero-order valence-corrected chi connectivity index (χ0v) is 16.0. The van der Waals surface area contributed by atoms with Crippen LogP contribution in [-0.4, -0.2) is 69.2 Å². The van der Waals surface area contributed by atoms with Crippen LogP contribution in [-0.2, 0) is 9.47 Å². The van der Waals surface area contributed by atoms with Gasteiger partial charge in [0.15, 0.2) is 5.65 Å². The Morgan fingerprint density at radius 1 is 1.00 bits per heavy atom. The van der Waals surface area contributed by atoms with Gasteiger partial charge in [0.25, 0.3) is 0 Å². The van der Waals surface area contributed by atoms with Gasteiger partial charge in [-0.2, -0.15) is 10.1 Å². The smallest absolute Gasteiger partial charge is 0.228 e. The molecule has 0 bridgehead atoms. The van der Waals surface area contributed by atoms with Crippen molar-refractivity contribution < 1.29 is 9.47 Å². The number of morpholine rings is 1. The lowest BCUT2D eigenvalue weighted by atomic mass is 10.2. The summed E-state index contributed by atoms with van der Waals surface area (Å²) in [5.74, 6) is 0.898. The summed E-state index contributed by atoms with van der Waals surface area (Å²) in [6, 6.07) is 0.186. The molecular weight excluding hydrogens is 384 g/mol. The highest BCUT2D eigenvalue weighted by Gasteiger charge is 2.25. The number of ether oxygens (including phenoxy) is 2. The van der Waals surface area contributed by atoms with Gasteiger partial charge in [0.2, 0.25) is 11.9 Å². The van der Waals surface area contributed by atoms with Crippen LogP contribution in [0.25, 0.3) is 22.3 Å². The molecular formula is C17H21ClN8O2. The highest BCUT2D eigenvalue weighted by molar-refractivity contribution is 5.91. The molecule has 0 radical (unpaired) electrons. The van der Waals surface area contributed by atoms with Gasteiger partial charge in [-0.1, -0.05) is 0 Å². The molecule has 11 heteroatoms. The summed E-state index contributed by atoms with van der Waals surface area (Å²) >= 11 is 0. The van der Waals surface area contributed by atoms with Crippen molar-refractivity contribution in [2.45, 2.75) is 12.5 Å². The monoisotopic (exact) mass is 404 g/mol. The van der Waals surface area contributed by atoms with E-state index in [0.29, 0.717) is 25.8 Å². The van der Waals surface area contributed by atoms with E-state index >= 15 is 0 Å². The molecule has 2 fully saturated rings. The number of hydrogen-bond acceptors (Lipinski definition) is 9. The molecule has 3 aromatic heterocycles. The molecule has 5 rings (SSSR count). The third kappa shape index (κ3) is 3.34. The van der Waals surface area contributed by atoms with Crippen LogP contribution in [0.4, 0.5) is 11.9 Å². The fourth-order valence-corrected chi connectivity index (χ4v) is 3.48. The lowest BCUT2D eigenvalue weighted by Gasteiger charge is -2.27. The third-order valence-electron chi connectivity index (χ3n) is 4.93. The summed E-state index contributed by atoms with van der Waals surface area (Å²) in [5, 5.41) is 5.46. The summed E-state index contributed by atoms with van der Waals surface area (Å²) in [4.78, 5) is 20.0. The van der Waals surface area contributed by atoms with Crippen LogP contribution in [0.15, 0.2) is 18.6 Å². The van der Waals surface area contributed by atoms with Gasteiger partial charge in [-0.3, -0.25) is 0 Å². The number of rotatable bonds is 3. The maximum absolute atomic E-state index is 5.64. The molecule has 0 saturated carbocycles. The highest BCUT2D eigenvalue weighted by Crippen LogP contribution is 2.30. The number of aromatic nitrogens is 6. The van der Waals surface area contributed by atoms with Gasteiger partial charge in [0.05, 0.1) is 43.1 Å². The van der Waals surface area contributed by atoms with Crippen molar-refractivity contribution in [3.05, 3.63) is 18.6 Å². The maximum Gasteiger partial charge on any atom is 0.228 e. The Morgan fingerprint density at radius 2 is 1.79 bits per heavy atom. The van der Waals surface area contributed by atoms with Crippen molar-refractivity contribution >= 4 is 35.3 Å². The van der Waals surface area contributed by atoms with E-state index in [1.807, 2.05) is 10.9 Å². The molecule has 2 aliphatic heterocycles. The second kappa shape index (κ2) is 7.82. The van der Waals surface area contributed by atoms with Crippen LogP contribution in [0.2, 0.25) is 0 Å². The van der Waals surface area contributed by atoms with E-state index < -0.39 is 0 Å². The number of nitrogen functional groups attached to an aromatic ring is 1. The SMILES string of the molecule is Cl.Nc1ncc(-c2nc(N3CCOCC3)nc3c2cnn3C2CCOC2)cn1. The molecule has 10 nitrogen and oxygen atoms in total. The quantitative estimate of drug-likeness (QED) is 0.684. The first-order valence-electron chi connectivity index (χ1n) is 9.03. The van der Waals surface area contributed by atoms with Crippen molar-refractivity contribution in [1.82, 2.24) is 29.7 Å². The molecule has 0 amide bonds. The minimum absolute atomic E-state index is 0. The lowest BCUT2D eigenvalue weighted by molar-refractivity contribution is 0.122. The largest absolute Gasteiger partial charge is 0.379 e. The number of halogens is 1. The van der Waals surface area contributed by atoms with Crippen molar-refractivity contribution in [2.75, 3.05) is 50.2 Å². The zero-order chi connectivity index (χ0) is 18.2. The minimum atomic E-state index is 0. The van der Waals surface area contributed by atoms with E-state index in [0.717, 1.165) is 48.4 Å². The number of anilines is 2. The molecule has 0 aliphatic carbocycles. The first kappa shape index (κ1) is 18.8. The molecule has 1 unspecified atom stereocenters. The second-order valence-corrected chi connectivity index (χ2v) is 6.65. The average molecular weight is 405 g/mol. The lowest BCUT2D eigenvalue weighted by Crippen LogP contribution is -2.37. The molecule has 2 saturated heterocycles. The van der Waals surface area contributed by atoms with Crippen LogP contribution in [0.5, 0.6) is 0 Å². The van der Waals surface area contributed by atoms with E-state index in [1.54, 1.807) is 12.4 Å². The van der Waals surface area contributed by atoms with Crippen LogP contribution >= 0.6 is 12.4 Å². The Hall–Kier alpha value is -2.56. The molecule has 148 valence electrons. The molecule has 3 aromatic rings. The Bertz CT molecular complexity index is 952. The van der Waals surface area contributed by atoms with Crippen LogP contribution in [0, 0.1) is 0 Å².